The van der Waals surface area contributed by atoms with Gasteiger partial charge in [0.1, 0.15) is 6.54 Å². The largest absolute Gasteiger partial charge is 0.352 e. The average molecular weight is 418 g/mol. The number of thiazole rings is 1. The minimum absolute atomic E-state index is 0.0656. The Balaban J connectivity index is 2.00. The number of benzene rings is 2. The van der Waals surface area contributed by atoms with E-state index in [0.29, 0.717) is 5.52 Å². The topological polar surface area (TPSA) is 79.4 Å². The van der Waals surface area contributed by atoms with Crippen LogP contribution in [-0.2, 0) is 14.8 Å². The van der Waals surface area contributed by atoms with Crippen LogP contribution in [0.2, 0.25) is 0 Å². The zero-order valence-corrected chi connectivity index (χ0v) is 17.6. The highest BCUT2D eigenvalue weighted by atomic mass is 32.2. The first-order valence-corrected chi connectivity index (χ1v) is 11.3. The lowest BCUT2D eigenvalue weighted by molar-refractivity contribution is -0.120. The highest BCUT2D eigenvalue weighted by molar-refractivity contribution is 7.93. The lowest BCUT2D eigenvalue weighted by Gasteiger charge is -2.23. The van der Waals surface area contributed by atoms with Crippen LogP contribution in [0.5, 0.6) is 0 Å². The number of hydrogen-bond acceptors (Lipinski definition) is 5. The number of amides is 1. The van der Waals surface area contributed by atoms with Crippen LogP contribution in [0.1, 0.15) is 20.8 Å². The Morgan fingerprint density at radius 3 is 2.36 bits per heavy atom. The van der Waals surface area contributed by atoms with Crippen molar-refractivity contribution in [3.05, 3.63) is 54.6 Å². The van der Waals surface area contributed by atoms with Crippen molar-refractivity contribution >= 4 is 42.6 Å². The summed E-state index contributed by atoms with van der Waals surface area (Å²) in [4.78, 5) is 17.2. The number of sulfonamides is 1. The Kier molecular flexibility index (Phi) is 6.00. The first-order chi connectivity index (χ1) is 13.3. The van der Waals surface area contributed by atoms with Gasteiger partial charge in [-0.1, -0.05) is 55.5 Å². The third-order valence-corrected chi connectivity index (χ3v) is 7.43. The zero-order valence-electron chi connectivity index (χ0n) is 16.0. The molecule has 8 heteroatoms. The molecule has 3 rings (SSSR count). The van der Waals surface area contributed by atoms with E-state index in [4.69, 9.17) is 0 Å². The van der Waals surface area contributed by atoms with Gasteiger partial charge in [0.2, 0.25) is 11.0 Å². The molecule has 28 heavy (non-hydrogen) atoms. The van der Waals surface area contributed by atoms with Gasteiger partial charge < -0.3 is 5.32 Å². The molecule has 0 aliphatic rings. The summed E-state index contributed by atoms with van der Waals surface area (Å²) in [5, 5.41) is 3.14. The highest BCUT2D eigenvalue weighted by Crippen LogP contribution is 2.32. The molecule has 3 aromatic rings. The van der Waals surface area contributed by atoms with Crippen LogP contribution in [0.25, 0.3) is 10.2 Å². The number of para-hydroxylation sites is 1. The summed E-state index contributed by atoms with van der Waals surface area (Å²) < 4.78 is 28.5. The molecule has 1 amide bonds. The van der Waals surface area contributed by atoms with Gasteiger partial charge in [0.05, 0.1) is 15.1 Å². The second kappa shape index (κ2) is 8.28. The number of nitrogens with one attached hydrogen (secondary N) is 1. The summed E-state index contributed by atoms with van der Waals surface area (Å²) in [7, 11) is -3.93. The SMILES string of the molecule is CC(C)[C@@H](C)NC(=O)CN(c1nc2ccccc2s1)S(=O)(=O)c1ccccc1. The molecule has 2 aromatic carbocycles. The first kappa shape index (κ1) is 20.3. The molecule has 0 spiro atoms. The molecule has 0 unspecified atom stereocenters. The lowest BCUT2D eigenvalue weighted by atomic mass is 10.1. The van der Waals surface area contributed by atoms with Crippen molar-refractivity contribution in [3.8, 4) is 0 Å². The third-order valence-electron chi connectivity index (χ3n) is 4.50. The standard InChI is InChI=1S/C20H23N3O3S2/c1-14(2)15(3)21-19(24)13-23(28(25,26)16-9-5-4-6-10-16)20-22-17-11-7-8-12-18(17)27-20/h4-12,14-15H,13H2,1-3H3,(H,21,24)/t15-/m1/s1. The summed E-state index contributed by atoms with van der Waals surface area (Å²) >= 11 is 1.25. The van der Waals surface area contributed by atoms with E-state index in [1.54, 1.807) is 18.2 Å². The van der Waals surface area contributed by atoms with E-state index in [-0.39, 0.29) is 34.4 Å². The zero-order chi connectivity index (χ0) is 20.3. The van der Waals surface area contributed by atoms with Gasteiger partial charge in [-0.05, 0) is 37.1 Å². The average Bonchev–Trinajstić information content (AvgIpc) is 3.10. The molecule has 1 aromatic heterocycles. The van der Waals surface area contributed by atoms with E-state index in [2.05, 4.69) is 10.3 Å². The van der Waals surface area contributed by atoms with Crippen LogP contribution in [0.4, 0.5) is 5.13 Å². The number of anilines is 1. The minimum Gasteiger partial charge on any atom is -0.352 e. The predicted octanol–water partition coefficient (Wildman–Crippen LogP) is 3.65. The van der Waals surface area contributed by atoms with Crippen LogP contribution in [0.3, 0.4) is 0 Å². The number of rotatable bonds is 7. The molecule has 0 fully saturated rings. The fourth-order valence-electron chi connectivity index (χ4n) is 2.54. The van der Waals surface area contributed by atoms with Crippen LogP contribution in [0, 0.1) is 5.92 Å². The molecule has 6 nitrogen and oxygen atoms in total. The van der Waals surface area contributed by atoms with Gasteiger partial charge in [0, 0.05) is 6.04 Å². The van der Waals surface area contributed by atoms with Crippen molar-refractivity contribution in [3.63, 3.8) is 0 Å². The smallest absolute Gasteiger partial charge is 0.266 e. The van der Waals surface area contributed by atoms with Crippen molar-refractivity contribution in [1.29, 1.82) is 0 Å². The van der Waals surface area contributed by atoms with E-state index < -0.39 is 10.0 Å². The molecule has 1 heterocycles. The monoisotopic (exact) mass is 417 g/mol. The van der Waals surface area contributed by atoms with Crippen LogP contribution < -0.4 is 9.62 Å². The maximum atomic E-state index is 13.3. The summed E-state index contributed by atoms with van der Waals surface area (Å²) in [6, 6.07) is 15.5. The quantitative estimate of drug-likeness (QED) is 0.636. The number of aromatic nitrogens is 1. The molecular formula is C20H23N3O3S2. The number of hydrogen-bond donors (Lipinski definition) is 1. The number of nitrogens with zero attached hydrogens (tertiary/aromatic N) is 2. The van der Waals surface area contributed by atoms with Crippen molar-refractivity contribution in [2.45, 2.75) is 31.7 Å². The van der Waals surface area contributed by atoms with E-state index in [1.165, 1.54) is 23.5 Å². The summed E-state index contributed by atoms with van der Waals surface area (Å²) in [5.74, 6) is -0.120. The van der Waals surface area contributed by atoms with Gasteiger partial charge in [-0.15, -0.1) is 0 Å². The minimum atomic E-state index is -3.93. The molecule has 0 radical (unpaired) electrons. The predicted molar refractivity (Wildman–Crippen MR) is 113 cm³/mol. The maximum Gasteiger partial charge on any atom is 0.266 e. The van der Waals surface area contributed by atoms with Gasteiger partial charge in [-0.3, -0.25) is 4.79 Å². The Hall–Kier alpha value is -2.45. The summed E-state index contributed by atoms with van der Waals surface area (Å²) in [5.41, 5.74) is 0.701. The van der Waals surface area contributed by atoms with E-state index in [1.807, 2.05) is 45.0 Å². The first-order valence-electron chi connectivity index (χ1n) is 9.02. The van der Waals surface area contributed by atoms with Crippen LogP contribution in [-0.4, -0.2) is 31.9 Å². The molecule has 0 aliphatic heterocycles. The summed E-state index contributed by atoms with van der Waals surface area (Å²) in [6.07, 6.45) is 0. The molecule has 1 atom stereocenters. The number of carbonyl (C=O) groups is 1. The Morgan fingerprint density at radius 1 is 1.07 bits per heavy atom. The van der Waals surface area contributed by atoms with Gasteiger partial charge in [-0.2, -0.15) is 0 Å². The number of fused-ring (bicyclic) bond motifs is 1. The fourth-order valence-corrected chi connectivity index (χ4v) is 5.11. The van der Waals surface area contributed by atoms with Gasteiger partial charge in [0.25, 0.3) is 10.0 Å². The Bertz CT molecular complexity index is 1030. The van der Waals surface area contributed by atoms with Gasteiger partial charge in [-0.25, -0.2) is 17.7 Å². The molecule has 0 bridgehead atoms. The highest BCUT2D eigenvalue weighted by Gasteiger charge is 2.30. The van der Waals surface area contributed by atoms with Crippen LogP contribution >= 0.6 is 11.3 Å². The van der Waals surface area contributed by atoms with E-state index in [0.717, 1.165) is 9.01 Å². The van der Waals surface area contributed by atoms with Crippen molar-refractivity contribution in [2.24, 2.45) is 5.92 Å². The normalized spacial score (nSPS) is 12.9. The Morgan fingerprint density at radius 2 is 1.71 bits per heavy atom. The molecule has 1 N–H and O–H groups in total. The maximum absolute atomic E-state index is 13.3. The number of carbonyl (C=O) groups excluding carboxylic acids is 1. The second-order valence-electron chi connectivity index (χ2n) is 6.89. The molecule has 0 saturated heterocycles. The molecule has 148 valence electrons. The molecule has 0 aliphatic carbocycles. The molecular weight excluding hydrogens is 394 g/mol. The summed E-state index contributed by atoms with van der Waals surface area (Å²) in [6.45, 7) is 5.57. The van der Waals surface area contributed by atoms with Crippen molar-refractivity contribution < 1.29 is 13.2 Å². The van der Waals surface area contributed by atoms with Gasteiger partial charge in [0.15, 0.2) is 0 Å². The Labute approximate surface area is 169 Å². The fraction of sp³-hybridized carbons (Fsp3) is 0.300. The van der Waals surface area contributed by atoms with E-state index in [9.17, 15) is 13.2 Å². The van der Waals surface area contributed by atoms with E-state index >= 15 is 0 Å². The van der Waals surface area contributed by atoms with Crippen molar-refractivity contribution in [2.75, 3.05) is 10.8 Å². The lowest BCUT2D eigenvalue weighted by Crippen LogP contribution is -2.44. The molecule has 0 saturated carbocycles. The van der Waals surface area contributed by atoms with Crippen molar-refractivity contribution in [1.82, 2.24) is 10.3 Å². The van der Waals surface area contributed by atoms with Gasteiger partial charge >= 0.3 is 0 Å². The van der Waals surface area contributed by atoms with Crippen LogP contribution in [0.15, 0.2) is 59.5 Å². The third kappa shape index (κ3) is 4.34. The second-order valence-corrected chi connectivity index (χ2v) is 9.76.